The molecule has 0 aliphatic rings. The molecule has 0 spiro atoms. The van der Waals surface area contributed by atoms with Crippen LogP contribution in [0.25, 0.3) is 21.9 Å². The largest absolute Gasteiger partial charge is 0.396 e. The van der Waals surface area contributed by atoms with Crippen molar-refractivity contribution in [1.82, 2.24) is 14.5 Å². The van der Waals surface area contributed by atoms with Crippen LogP contribution in [-0.4, -0.2) is 38.0 Å². The first kappa shape index (κ1) is 16.4. The molecule has 2 heterocycles. The number of fused-ring (bicyclic) bond motifs is 3. The minimum atomic E-state index is 0. The van der Waals surface area contributed by atoms with E-state index in [4.69, 9.17) is 5.11 Å². The quantitative estimate of drug-likeness (QED) is 0.686. The highest BCUT2D eigenvalue weighted by Gasteiger charge is 2.13. The Morgan fingerprint density at radius 2 is 1.82 bits per heavy atom. The molecule has 0 unspecified atom stereocenters. The summed E-state index contributed by atoms with van der Waals surface area (Å²) >= 11 is 0. The highest BCUT2D eigenvalue weighted by Crippen LogP contribution is 2.25. The van der Waals surface area contributed by atoms with E-state index in [9.17, 15) is 5.11 Å². The van der Waals surface area contributed by atoms with Crippen molar-refractivity contribution in [2.45, 2.75) is 33.2 Å². The molecular weight excluding hydrogens is 278 g/mol. The lowest BCUT2D eigenvalue weighted by atomic mass is 10.2. The van der Waals surface area contributed by atoms with Gasteiger partial charge in [0, 0.05) is 25.0 Å². The van der Waals surface area contributed by atoms with E-state index in [0.29, 0.717) is 6.42 Å². The average Bonchev–Trinajstić information content (AvgIpc) is 2.86. The number of para-hydroxylation sites is 1. The number of aromatic nitrogens is 3. The fraction of sp³-hybridized carbons (Fsp3) is 0.412. The van der Waals surface area contributed by atoms with Crippen molar-refractivity contribution in [3.05, 3.63) is 36.3 Å². The lowest BCUT2D eigenvalue weighted by molar-refractivity contribution is 0.279. The Kier molecular flexibility index (Phi) is 5.46. The third-order valence-electron chi connectivity index (χ3n) is 3.68. The highest BCUT2D eigenvalue weighted by atomic mass is 16.3. The lowest BCUT2D eigenvalue weighted by Gasteiger charge is -2.09. The van der Waals surface area contributed by atoms with Crippen molar-refractivity contribution in [2.24, 2.45) is 0 Å². The van der Waals surface area contributed by atoms with Crippen LogP contribution < -0.4 is 0 Å². The van der Waals surface area contributed by atoms with Gasteiger partial charge >= 0.3 is 0 Å². The first-order valence-corrected chi connectivity index (χ1v) is 7.29. The molecule has 0 radical (unpaired) electrons. The Morgan fingerprint density at radius 3 is 2.59 bits per heavy atom. The number of aliphatic hydroxyl groups is 2. The second-order valence-electron chi connectivity index (χ2n) is 5.09. The fourth-order valence-electron chi connectivity index (χ4n) is 2.72. The van der Waals surface area contributed by atoms with Gasteiger partial charge in [0.1, 0.15) is 11.3 Å². The van der Waals surface area contributed by atoms with E-state index < -0.39 is 0 Å². The summed E-state index contributed by atoms with van der Waals surface area (Å²) < 4.78 is 2.16. The van der Waals surface area contributed by atoms with Gasteiger partial charge in [-0.2, -0.15) is 0 Å². The van der Waals surface area contributed by atoms with E-state index >= 15 is 0 Å². The van der Waals surface area contributed by atoms with Crippen LogP contribution in [0.2, 0.25) is 0 Å². The second-order valence-corrected chi connectivity index (χ2v) is 5.09. The third kappa shape index (κ3) is 2.96. The maximum atomic E-state index is 9.25. The fourth-order valence-corrected chi connectivity index (χ4v) is 2.72. The standard InChI is InChI=1S/C16H19N3O2.CH4/c20-9-4-3-8-19-15(7-10-21)18-14-11-17-13-6-2-1-5-12(13)16(14)19;/h1-2,5-6,11,20-21H,3-4,7-10H2;1H4. The zero-order valence-corrected chi connectivity index (χ0v) is 11.9. The summed E-state index contributed by atoms with van der Waals surface area (Å²) in [4.78, 5) is 9.05. The SMILES string of the molecule is C.OCCCCn1c(CCO)nc2cnc3ccccc3c21. The number of pyridine rings is 1. The van der Waals surface area contributed by atoms with Gasteiger partial charge in [-0.15, -0.1) is 0 Å². The van der Waals surface area contributed by atoms with Gasteiger partial charge in [0.2, 0.25) is 0 Å². The molecule has 22 heavy (non-hydrogen) atoms. The number of benzene rings is 1. The lowest BCUT2D eigenvalue weighted by Crippen LogP contribution is -2.07. The van der Waals surface area contributed by atoms with E-state index in [2.05, 4.69) is 20.6 Å². The van der Waals surface area contributed by atoms with Crippen LogP contribution in [0.3, 0.4) is 0 Å². The van der Waals surface area contributed by atoms with Crippen molar-refractivity contribution in [1.29, 1.82) is 0 Å². The molecule has 3 rings (SSSR count). The van der Waals surface area contributed by atoms with Gasteiger partial charge in [-0.1, -0.05) is 25.6 Å². The molecule has 0 atom stereocenters. The summed E-state index contributed by atoms with van der Waals surface area (Å²) in [6, 6.07) is 8.02. The third-order valence-corrected chi connectivity index (χ3v) is 3.68. The molecule has 1 aromatic carbocycles. The van der Waals surface area contributed by atoms with Gasteiger partial charge in [-0.3, -0.25) is 4.98 Å². The smallest absolute Gasteiger partial charge is 0.112 e. The van der Waals surface area contributed by atoms with Crippen LogP contribution in [-0.2, 0) is 13.0 Å². The second kappa shape index (κ2) is 7.33. The van der Waals surface area contributed by atoms with Crippen molar-refractivity contribution < 1.29 is 10.2 Å². The highest BCUT2D eigenvalue weighted by molar-refractivity contribution is 6.02. The first-order chi connectivity index (χ1) is 10.3. The van der Waals surface area contributed by atoms with Crippen LogP contribution in [0.5, 0.6) is 0 Å². The maximum Gasteiger partial charge on any atom is 0.112 e. The molecule has 2 N–H and O–H groups in total. The number of imidazole rings is 1. The van der Waals surface area contributed by atoms with Crippen molar-refractivity contribution in [2.75, 3.05) is 13.2 Å². The molecule has 3 aromatic rings. The van der Waals surface area contributed by atoms with E-state index in [0.717, 1.165) is 47.1 Å². The maximum absolute atomic E-state index is 9.25. The molecule has 5 nitrogen and oxygen atoms in total. The Morgan fingerprint density at radius 1 is 1.00 bits per heavy atom. The van der Waals surface area contributed by atoms with Gasteiger partial charge in [-0.25, -0.2) is 4.98 Å². The molecular formula is C17H23N3O2. The Labute approximate surface area is 130 Å². The molecule has 5 heteroatoms. The minimum Gasteiger partial charge on any atom is -0.396 e. The summed E-state index contributed by atoms with van der Waals surface area (Å²) in [5.74, 6) is 0.878. The average molecular weight is 301 g/mol. The molecule has 0 aliphatic carbocycles. The number of nitrogens with zero attached hydrogens (tertiary/aromatic N) is 3. The molecule has 0 amide bonds. The summed E-state index contributed by atoms with van der Waals surface area (Å²) in [5.41, 5.74) is 2.88. The summed E-state index contributed by atoms with van der Waals surface area (Å²) in [5, 5.41) is 19.3. The first-order valence-electron chi connectivity index (χ1n) is 7.29. The van der Waals surface area contributed by atoms with Gasteiger partial charge in [0.25, 0.3) is 0 Å². The minimum absolute atomic E-state index is 0. The number of unbranched alkanes of at least 4 members (excludes halogenated alkanes) is 1. The van der Waals surface area contributed by atoms with Crippen LogP contribution in [0.1, 0.15) is 26.1 Å². The number of aryl methyl sites for hydroxylation is 1. The van der Waals surface area contributed by atoms with Gasteiger partial charge in [0.15, 0.2) is 0 Å². The van der Waals surface area contributed by atoms with Crippen LogP contribution in [0.15, 0.2) is 30.5 Å². The monoisotopic (exact) mass is 301 g/mol. The molecule has 0 saturated carbocycles. The molecule has 2 aromatic heterocycles. The predicted octanol–water partition coefficient (Wildman–Crippen LogP) is 2.53. The van der Waals surface area contributed by atoms with Crippen molar-refractivity contribution in [3.63, 3.8) is 0 Å². The number of aliphatic hydroxyl groups excluding tert-OH is 2. The van der Waals surface area contributed by atoms with Gasteiger partial charge in [-0.05, 0) is 18.9 Å². The van der Waals surface area contributed by atoms with Crippen LogP contribution in [0, 0.1) is 0 Å². The Bertz CT molecular complexity index is 752. The molecule has 0 aliphatic heterocycles. The normalized spacial score (nSPS) is 11.0. The topological polar surface area (TPSA) is 71.2 Å². The van der Waals surface area contributed by atoms with Gasteiger partial charge in [0.05, 0.1) is 23.8 Å². The van der Waals surface area contributed by atoms with Crippen molar-refractivity contribution in [3.8, 4) is 0 Å². The molecule has 118 valence electrons. The van der Waals surface area contributed by atoms with E-state index in [1.54, 1.807) is 6.20 Å². The van der Waals surface area contributed by atoms with Crippen LogP contribution >= 0.6 is 0 Å². The Balaban J connectivity index is 0.00000176. The molecule has 0 saturated heterocycles. The van der Waals surface area contributed by atoms with Crippen molar-refractivity contribution >= 4 is 21.9 Å². The number of hydrogen-bond donors (Lipinski definition) is 2. The summed E-state index contributed by atoms with van der Waals surface area (Å²) in [7, 11) is 0. The molecule has 0 bridgehead atoms. The van der Waals surface area contributed by atoms with E-state index in [-0.39, 0.29) is 20.6 Å². The van der Waals surface area contributed by atoms with Crippen LogP contribution in [0.4, 0.5) is 0 Å². The van der Waals surface area contributed by atoms with Gasteiger partial charge < -0.3 is 14.8 Å². The summed E-state index contributed by atoms with van der Waals surface area (Å²) in [6.07, 6.45) is 3.97. The Hall–Kier alpha value is -1.98. The molecule has 0 fully saturated rings. The zero-order valence-electron chi connectivity index (χ0n) is 11.9. The number of hydrogen-bond acceptors (Lipinski definition) is 4. The van der Waals surface area contributed by atoms with E-state index in [1.807, 2.05) is 18.2 Å². The van der Waals surface area contributed by atoms with E-state index in [1.165, 1.54) is 0 Å². The number of rotatable bonds is 6. The zero-order chi connectivity index (χ0) is 14.7. The summed E-state index contributed by atoms with van der Waals surface area (Å²) in [6.45, 7) is 1.07. The predicted molar refractivity (Wildman–Crippen MR) is 88.9 cm³/mol.